The van der Waals surface area contributed by atoms with Crippen LogP contribution < -0.4 is 5.32 Å². The number of nitrogens with one attached hydrogen (secondary N) is 1. The maximum absolute atomic E-state index is 12.4. The van der Waals surface area contributed by atoms with Gasteiger partial charge in [-0.1, -0.05) is 12.1 Å². The second-order valence-electron chi connectivity index (χ2n) is 5.12. The van der Waals surface area contributed by atoms with Crippen LogP contribution in [0.2, 0.25) is 0 Å². The zero-order valence-electron chi connectivity index (χ0n) is 13.1. The number of amides is 2. The number of phenolic OH excluding ortho intramolecular Hbond substituents is 1. The van der Waals surface area contributed by atoms with Crippen molar-refractivity contribution in [3.8, 4) is 5.75 Å². The summed E-state index contributed by atoms with van der Waals surface area (Å²) < 4.78 is 10.3. The fourth-order valence-electron chi connectivity index (χ4n) is 2.46. The lowest BCUT2D eigenvalue weighted by atomic mass is 9.88. The number of benzene rings is 1. The van der Waals surface area contributed by atoms with Gasteiger partial charge in [0.05, 0.1) is 12.6 Å². The molecule has 1 aliphatic rings. The number of carbonyl (C=O) groups is 2. The Bertz CT molecular complexity index is 614. The number of esters is 1. The van der Waals surface area contributed by atoms with Gasteiger partial charge in [-0.15, -0.1) is 0 Å². The van der Waals surface area contributed by atoms with Crippen LogP contribution >= 0.6 is 0 Å². The van der Waals surface area contributed by atoms with Crippen LogP contribution in [0.25, 0.3) is 0 Å². The standard InChI is InChI=1S/C16H20N2O5/c1-3-22-7-8-23-15(20)13-10(2)17-16(21)18-14(13)11-5-4-6-12(19)9-11/h4-6,9,13-14,19H,3,7-8H2,1-2H3,(H,18,21). The second kappa shape index (κ2) is 7.73. The minimum Gasteiger partial charge on any atom is -0.508 e. The Morgan fingerprint density at radius 2 is 2.17 bits per heavy atom. The minimum atomic E-state index is -0.740. The van der Waals surface area contributed by atoms with Crippen molar-refractivity contribution in [3.05, 3.63) is 29.8 Å². The first-order valence-corrected chi connectivity index (χ1v) is 7.42. The first kappa shape index (κ1) is 17.0. The van der Waals surface area contributed by atoms with E-state index >= 15 is 0 Å². The summed E-state index contributed by atoms with van der Waals surface area (Å²) in [5, 5.41) is 12.3. The van der Waals surface area contributed by atoms with Gasteiger partial charge < -0.3 is 19.9 Å². The van der Waals surface area contributed by atoms with E-state index < -0.39 is 24.0 Å². The molecule has 0 radical (unpaired) electrons. The zero-order valence-corrected chi connectivity index (χ0v) is 13.1. The number of phenols is 1. The van der Waals surface area contributed by atoms with Crippen molar-refractivity contribution in [1.29, 1.82) is 0 Å². The maximum atomic E-state index is 12.4. The Morgan fingerprint density at radius 3 is 2.87 bits per heavy atom. The maximum Gasteiger partial charge on any atom is 0.341 e. The number of urea groups is 1. The molecule has 2 rings (SSSR count). The lowest BCUT2D eigenvalue weighted by molar-refractivity contribution is -0.148. The lowest BCUT2D eigenvalue weighted by Crippen LogP contribution is -2.44. The summed E-state index contributed by atoms with van der Waals surface area (Å²) in [6.07, 6.45) is 0. The van der Waals surface area contributed by atoms with Crippen LogP contribution in [0.5, 0.6) is 5.75 Å². The Kier molecular flexibility index (Phi) is 5.70. The number of aliphatic imine (C=N–C) groups is 1. The van der Waals surface area contributed by atoms with Crippen LogP contribution in [0.15, 0.2) is 29.3 Å². The Balaban J connectivity index is 2.19. The highest BCUT2D eigenvalue weighted by molar-refractivity contribution is 6.08. The highest BCUT2D eigenvalue weighted by atomic mass is 16.6. The molecule has 7 nitrogen and oxygen atoms in total. The third kappa shape index (κ3) is 4.29. The topological polar surface area (TPSA) is 97.2 Å². The molecule has 2 amide bonds. The molecule has 1 aliphatic heterocycles. The molecule has 0 fully saturated rings. The molecule has 2 atom stereocenters. The van der Waals surface area contributed by atoms with E-state index in [4.69, 9.17) is 9.47 Å². The van der Waals surface area contributed by atoms with Gasteiger partial charge in [0.15, 0.2) is 0 Å². The third-order valence-electron chi connectivity index (χ3n) is 3.50. The normalized spacial score (nSPS) is 20.6. The molecular weight excluding hydrogens is 300 g/mol. The lowest BCUT2D eigenvalue weighted by Gasteiger charge is -2.29. The predicted molar refractivity (Wildman–Crippen MR) is 83.4 cm³/mol. The van der Waals surface area contributed by atoms with E-state index in [0.717, 1.165) is 0 Å². The van der Waals surface area contributed by atoms with E-state index in [1.807, 2.05) is 6.92 Å². The quantitative estimate of drug-likeness (QED) is 0.615. The van der Waals surface area contributed by atoms with Crippen LogP contribution in [-0.2, 0) is 14.3 Å². The molecule has 2 N–H and O–H groups in total. The molecule has 124 valence electrons. The van der Waals surface area contributed by atoms with Gasteiger partial charge in [0, 0.05) is 12.3 Å². The van der Waals surface area contributed by atoms with Crippen LogP contribution in [-0.4, -0.2) is 42.6 Å². The molecule has 0 saturated carbocycles. The second-order valence-corrected chi connectivity index (χ2v) is 5.12. The first-order chi connectivity index (χ1) is 11.0. The van der Waals surface area contributed by atoms with E-state index in [1.165, 1.54) is 12.1 Å². The number of rotatable bonds is 6. The average molecular weight is 320 g/mol. The molecule has 0 aromatic heterocycles. The largest absolute Gasteiger partial charge is 0.508 e. The first-order valence-electron chi connectivity index (χ1n) is 7.42. The highest BCUT2D eigenvalue weighted by Gasteiger charge is 2.38. The summed E-state index contributed by atoms with van der Waals surface area (Å²) in [5.41, 5.74) is 0.989. The summed E-state index contributed by atoms with van der Waals surface area (Å²) >= 11 is 0. The van der Waals surface area contributed by atoms with Gasteiger partial charge in [0.1, 0.15) is 18.3 Å². The van der Waals surface area contributed by atoms with Gasteiger partial charge in [-0.05, 0) is 31.5 Å². The van der Waals surface area contributed by atoms with Gasteiger partial charge in [0.25, 0.3) is 0 Å². The van der Waals surface area contributed by atoms with Crippen molar-refractivity contribution >= 4 is 17.7 Å². The number of aromatic hydroxyl groups is 1. The Labute approximate surface area is 134 Å². The summed E-state index contributed by atoms with van der Waals surface area (Å²) in [5.74, 6) is -1.17. The number of ether oxygens (including phenoxy) is 2. The van der Waals surface area contributed by atoms with E-state index in [2.05, 4.69) is 10.3 Å². The van der Waals surface area contributed by atoms with Crippen molar-refractivity contribution in [2.24, 2.45) is 10.9 Å². The van der Waals surface area contributed by atoms with Crippen LogP contribution in [0, 0.1) is 5.92 Å². The van der Waals surface area contributed by atoms with Gasteiger partial charge in [-0.3, -0.25) is 4.79 Å². The van der Waals surface area contributed by atoms with Gasteiger partial charge in [0.2, 0.25) is 0 Å². The monoisotopic (exact) mass is 320 g/mol. The van der Waals surface area contributed by atoms with Crippen molar-refractivity contribution in [3.63, 3.8) is 0 Å². The van der Waals surface area contributed by atoms with Crippen LogP contribution in [0.3, 0.4) is 0 Å². The van der Waals surface area contributed by atoms with Crippen molar-refractivity contribution in [2.45, 2.75) is 19.9 Å². The molecular formula is C16H20N2O5. The van der Waals surface area contributed by atoms with Crippen molar-refractivity contribution in [2.75, 3.05) is 19.8 Å². The summed E-state index contributed by atoms with van der Waals surface area (Å²) in [7, 11) is 0. The molecule has 23 heavy (non-hydrogen) atoms. The molecule has 0 saturated heterocycles. The Morgan fingerprint density at radius 1 is 1.39 bits per heavy atom. The molecule has 1 aromatic rings. The minimum absolute atomic E-state index is 0.0559. The summed E-state index contributed by atoms with van der Waals surface area (Å²) in [4.78, 5) is 27.9. The summed E-state index contributed by atoms with van der Waals surface area (Å²) in [6.45, 7) is 4.46. The van der Waals surface area contributed by atoms with Gasteiger partial charge in [-0.2, -0.15) is 0 Å². The number of carbonyl (C=O) groups excluding carboxylic acids is 2. The van der Waals surface area contributed by atoms with Gasteiger partial charge in [-0.25, -0.2) is 9.79 Å². The summed E-state index contributed by atoms with van der Waals surface area (Å²) in [6, 6.07) is 5.24. The zero-order chi connectivity index (χ0) is 16.8. The van der Waals surface area contributed by atoms with Crippen LogP contribution in [0.1, 0.15) is 25.5 Å². The third-order valence-corrected chi connectivity index (χ3v) is 3.50. The van der Waals surface area contributed by atoms with Crippen LogP contribution in [0.4, 0.5) is 4.79 Å². The fraction of sp³-hybridized carbons (Fsp3) is 0.438. The smallest absolute Gasteiger partial charge is 0.341 e. The van der Waals surface area contributed by atoms with E-state index in [-0.39, 0.29) is 12.4 Å². The SMILES string of the molecule is CCOCCOC(=O)C1C(C)=NC(=O)NC1c1cccc(O)c1. The van der Waals surface area contributed by atoms with Gasteiger partial charge >= 0.3 is 12.0 Å². The Hall–Kier alpha value is -2.41. The molecule has 0 aliphatic carbocycles. The fourth-order valence-corrected chi connectivity index (χ4v) is 2.46. The van der Waals surface area contributed by atoms with Crippen molar-refractivity contribution < 1.29 is 24.2 Å². The van der Waals surface area contributed by atoms with E-state index in [1.54, 1.807) is 19.1 Å². The predicted octanol–water partition coefficient (Wildman–Crippen LogP) is 1.81. The number of hydrogen-bond donors (Lipinski definition) is 2. The van der Waals surface area contributed by atoms with E-state index in [0.29, 0.717) is 24.5 Å². The molecule has 0 bridgehead atoms. The van der Waals surface area contributed by atoms with E-state index in [9.17, 15) is 14.7 Å². The molecule has 0 spiro atoms. The molecule has 7 heteroatoms. The highest BCUT2D eigenvalue weighted by Crippen LogP contribution is 2.29. The average Bonchev–Trinajstić information content (AvgIpc) is 2.50. The van der Waals surface area contributed by atoms with Crippen molar-refractivity contribution in [1.82, 2.24) is 5.32 Å². The number of hydrogen-bond acceptors (Lipinski definition) is 5. The molecule has 2 unspecified atom stereocenters. The number of nitrogens with zero attached hydrogens (tertiary/aromatic N) is 1. The molecule has 1 heterocycles. The molecule has 1 aromatic carbocycles.